The van der Waals surface area contributed by atoms with E-state index in [0.29, 0.717) is 31.0 Å². The monoisotopic (exact) mass is 533 g/mol. The molecule has 1 saturated heterocycles. The van der Waals surface area contributed by atoms with E-state index in [1.54, 1.807) is 29.6 Å². The first-order valence-electron chi connectivity index (χ1n) is 11.3. The highest BCUT2D eigenvalue weighted by molar-refractivity contribution is 7.11. The van der Waals surface area contributed by atoms with E-state index in [0.717, 1.165) is 5.56 Å². The maximum atomic E-state index is 12.8. The van der Waals surface area contributed by atoms with Gasteiger partial charge in [-0.2, -0.15) is 0 Å². The zero-order valence-corrected chi connectivity index (χ0v) is 21.1. The average Bonchev–Trinajstić information content (AvgIpc) is 3.38. The molecule has 36 heavy (non-hydrogen) atoms. The molecule has 0 radical (unpaired) electrons. The summed E-state index contributed by atoms with van der Waals surface area (Å²) in [5.41, 5.74) is 11.5. The summed E-state index contributed by atoms with van der Waals surface area (Å²) in [7, 11) is 0. The summed E-state index contributed by atoms with van der Waals surface area (Å²) < 4.78 is 0. The van der Waals surface area contributed by atoms with Crippen molar-refractivity contribution in [1.29, 1.82) is 0 Å². The highest BCUT2D eigenvalue weighted by Gasteiger charge is 2.30. The Kier molecular flexibility index (Phi) is 9.77. The van der Waals surface area contributed by atoms with E-state index < -0.39 is 11.9 Å². The van der Waals surface area contributed by atoms with Crippen LogP contribution in [0.15, 0.2) is 40.8 Å². The quantitative estimate of drug-likeness (QED) is 0.163. The molecule has 192 valence electrons. The van der Waals surface area contributed by atoms with Crippen molar-refractivity contribution in [2.75, 3.05) is 32.7 Å². The normalized spacial score (nSPS) is 14.3. The van der Waals surface area contributed by atoms with Crippen molar-refractivity contribution in [1.82, 2.24) is 20.1 Å². The van der Waals surface area contributed by atoms with Gasteiger partial charge in [-0.3, -0.25) is 24.2 Å². The standard InChI is InChI=1S/C23H28ClN7O4S/c24-16-5-3-15(4-6-16)12-19(33)31-10-9-30(20(34)14-31)13-18(32)29-17(2-1-7-28-23(25)26)21(35)22-27-8-11-36-22/h3-6,8,11,17H,1-2,7,9-10,12-14H2,(H,29,32)(H4,25,26,28)/t17-/m1/s1. The van der Waals surface area contributed by atoms with Gasteiger partial charge in [0.25, 0.3) is 0 Å². The molecule has 1 aliphatic heterocycles. The lowest BCUT2D eigenvalue weighted by Crippen LogP contribution is -2.55. The van der Waals surface area contributed by atoms with Gasteiger partial charge in [0.05, 0.1) is 25.6 Å². The largest absolute Gasteiger partial charge is 0.370 e. The predicted molar refractivity (Wildman–Crippen MR) is 137 cm³/mol. The van der Waals surface area contributed by atoms with E-state index >= 15 is 0 Å². The van der Waals surface area contributed by atoms with E-state index in [1.165, 1.54) is 27.3 Å². The number of nitrogens with one attached hydrogen (secondary N) is 1. The number of halogens is 1. The predicted octanol–water partition coefficient (Wildman–Crippen LogP) is 0.431. The van der Waals surface area contributed by atoms with E-state index in [-0.39, 0.29) is 54.6 Å². The Hall–Kier alpha value is -3.51. The smallest absolute Gasteiger partial charge is 0.242 e. The Labute approximate surface area is 217 Å². The molecule has 1 aliphatic rings. The summed E-state index contributed by atoms with van der Waals surface area (Å²) in [4.78, 5) is 61.6. The van der Waals surface area contributed by atoms with E-state index in [1.807, 2.05) is 0 Å². The van der Waals surface area contributed by atoms with Gasteiger partial charge >= 0.3 is 0 Å². The highest BCUT2D eigenvalue weighted by atomic mass is 35.5. The first-order valence-corrected chi connectivity index (χ1v) is 12.6. The molecule has 13 heteroatoms. The molecule has 3 amide bonds. The molecule has 0 spiro atoms. The van der Waals surface area contributed by atoms with Crippen molar-refractivity contribution in [3.8, 4) is 0 Å². The number of ketones is 1. The first kappa shape index (κ1) is 27.1. The van der Waals surface area contributed by atoms with Crippen LogP contribution in [0.2, 0.25) is 5.02 Å². The van der Waals surface area contributed by atoms with Crippen molar-refractivity contribution in [2.24, 2.45) is 16.5 Å². The second-order valence-electron chi connectivity index (χ2n) is 8.20. The molecule has 1 aromatic heterocycles. The van der Waals surface area contributed by atoms with Gasteiger partial charge in [-0.1, -0.05) is 23.7 Å². The lowest BCUT2D eigenvalue weighted by Gasteiger charge is -2.34. The van der Waals surface area contributed by atoms with Crippen LogP contribution in [0.4, 0.5) is 0 Å². The maximum Gasteiger partial charge on any atom is 0.242 e. The van der Waals surface area contributed by atoms with Gasteiger partial charge in [0.1, 0.15) is 0 Å². The molecular weight excluding hydrogens is 506 g/mol. The molecule has 2 heterocycles. The van der Waals surface area contributed by atoms with Crippen LogP contribution in [0.1, 0.15) is 28.2 Å². The number of aliphatic imine (C=N–C) groups is 1. The van der Waals surface area contributed by atoms with Crippen LogP contribution < -0.4 is 16.8 Å². The molecule has 1 atom stereocenters. The summed E-state index contributed by atoms with van der Waals surface area (Å²) in [6.45, 7) is 0.511. The molecule has 3 rings (SSSR count). The van der Waals surface area contributed by atoms with Crippen molar-refractivity contribution >= 4 is 52.4 Å². The molecule has 5 N–H and O–H groups in total. The van der Waals surface area contributed by atoms with Crippen LogP contribution in [0, 0.1) is 0 Å². The highest BCUT2D eigenvalue weighted by Crippen LogP contribution is 2.13. The SMILES string of the molecule is NC(N)=NCCC[C@@H](NC(=O)CN1CCN(C(=O)Cc2ccc(Cl)cc2)CC1=O)C(=O)c1nccs1. The van der Waals surface area contributed by atoms with Gasteiger partial charge in [-0.05, 0) is 30.5 Å². The number of guanidine groups is 1. The third-order valence-corrected chi connectivity index (χ3v) is 6.55. The van der Waals surface area contributed by atoms with Gasteiger partial charge < -0.3 is 26.6 Å². The fourth-order valence-electron chi connectivity index (χ4n) is 3.66. The lowest BCUT2D eigenvalue weighted by molar-refractivity contribution is -0.146. The van der Waals surface area contributed by atoms with Gasteiger partial charge in [0, 0.05) is 36.2 Å². The molecule has 0 unspecified atom stereocenters. The second kappa shape index (κ2) is 13.0. The molecule has 1 aromatic carbocycles. The van der Waals surface area contributed by atoms with Crippen molar-refractivity contribution in [3.05, 3.63) is 51.4 Å². The average molecular weight is 534 g/mol. The molecular formula is C23H28ClN7O4S. The zero-order valence-electron chi connectivity index (χ0n) is 19.6. The topological polar surface area (TPSA) is 164 Å². The Bertz CT molecular complexity index is 1100. The number of aromatic nitrogens is 1. The Morgan fingerprint density at radius 2 is 1.94 bits per heavy atom. The Balaban J connectivity index is 1.52. The molecule has 1 fully saturated rings. The minimum atomic E-state index is -0.824. The third-order valence-electron chi connectivity index (χ3n) is 5.51. The van der Waals surface area contributed by atoms with Gasteiger partial charge in [-0.25, -0.2) is 4.98 Å². The number of amides is 3. The van der Waals surface area contributed by atoms with Crippen LogP contribution >= 0.6 is 22.9 Å². The second-order valence-corrected chi connectivity index (χ2v) is 9.54. The molecule has 11 nitrogen and oxygen atoms in total. The van der Waals surface area contributed by atoms with E-state index in [9.17, 15) is 19.2 Å². The van der Waals surface area contributed by atoms with Gasteiger partial charge in [0.15, 0.2) is 11.0 Å². The number of Topliss-reactive ketones (excluding diaryl/α,β-unsaturated/α-hetero) is 1. The number of carbonyl (C=O) groups is 4. The molecule has 0 bridgehead atoms. The van der Waals surface area contributed by atoms with Gasteiger partial charge in [0.2, 0.25) is 23.5 Å². The number of piperazine rings is 1. The van der Waals surface area contributed by atoms with Crippen LogP contribution in [0.25, 0.3) is 0 Å². The van der Waals surface area contributed by atoms with Crippen LogP contribution in [-0.4, -0.2) is 83.0 Å². The van der Waals surface area contributed by atoms with Crippen molar-refractivity contribution in [2.45, 2.75) is 25.3 Å². The van der Waals surface area contributed by atoms with E-state index in [2.05, 4.69) is 15.3 Å². The zero-order chi connectivity index (χ0) is 26.1. The van der Waals surface area contributed by atoms with Crippen molar-refractivity contribution < 1.29 is 19.2 Å². The Morgan fingerprint density at radius 1 is 1.19 bits per heavy atom. The molecule has 0 aliphatic carbocycles. The van der Waals surface area contributed by atoms with Crippen LogP contribution in [-0.2, 0) is 20.8 Å². The number of benzene rings is 1. The lowest BCUT2D eigenvalue weighted by atomic mass is 10.1. The minimum Gasteiger partial charge on any atom is -0.370 e. The fourth-order valence-corrected chi connectivity index (χ4v) is 4.41. The Morgan fingerprint density at radius 3 is 2.58 bits per heavy atom. The number of hydrogen-bond acceptors (Lipinski definition) is 7. The number of thiazole rings is 1. The summed E-state index contributed by atoms with van der Waals surface area (Å²) in [5.74, 6) is -1.35. The number of nitrogens with two attached hydrogens (primary N) is 2. The summed E-state index contributed by atoms with van der Waals surface area (Å²) in [5, 5.41) is 5.26. The fraction of sp³-hybridized carbons (Fsp3) is 0.391. The number of rotatable bonds is 11. The maximum absolute atomic E-state index is 12.8. The molecule has 2 aromatic rings. The summed E-state index contributed by atoms with van der Waals surface area (Å²) in [6.07, 6.45) is 2.45. The van der Waals surface area contributed by atoms with Gasteiger partial charge in [-0.15, -0.1) is 11.3 Å². The van der Waals surface area contributed by atoms with Crippen LogP contribution in [0.3, 0.4) is 0 Å². The van der Waals surface area contributed by atoms with E-state index in [4.69, 9.17) is 23.1 Å². The van der Waals surface area contributed by atoms with Crippen molar-refractivity contribution in [3.63, 3.8) is 0 Å². The summed E-state index contributed by atoms with van der Waals surface area (Å²) in [6, 6.07) is 6.13. The number of nitrogens with zero attached hydrogens (tertiary/aromatic N) is 4. The first-order chi connectivity index (χ1) is 17.2. The number of hydrogen-bond donors (Lipinski definition) is 3. The summed E-state index contributed by atoms with van der Waals surface area (Å²) >= 11 is 7.06. The van der Waals surface area contributed by atoms with Crippen LogP contribution in [0.5, 0.6) is 0 Å². The minimum absolute atomic E-state index is 0.0499. The number of carbonyl (C=O) groups excluding carboxylic acids is 4. The molecule has 0 saturated carbocycles. The third kappa shape index (κ3) is 8.02.